The van der Waals surface area contributed by atoms with Gasteiger partial charge in [0.2, 0.25) is 0 Å². The van der Waals surface area contributed by atoms with Crippen LogP contribution in [0, 0.1) is 5.92 Å². The molecule has 1 N–H and O–H groups in total. The molecule has 7 heteroatoms. The Balaban J connectivity index is 1.52. The average molecular weight is 341 g/mol. The summed E-state index contributed by atoms with van der Waals surface area (Å²) >= 11 is 1.57. The van der Waals surface area contributed by atoms with Crippen molar-refractivity contribution in [2.45, 2.75) is 12.8 Å². The molecule has 0 aromatic carbocycles. The second-order valence-corrected chi connectivity index (χ2v) is 7.19. The zero-order chi connectivity index (χ0) is 16.5. The highest BCUT2D eigenvalue weighted by molar-refractivity contribution is 7.14. The van der Waals surface area contributed by atoms with Gasteiger partial charge < -0.3 is 10.2 Å². The van der Waals surface area contributed by atoms with E-state index in [1.165, 1.54) is 13.0 Å². The van der Waals surface area contributed by atoms with Crippen molar-refractivity contribution in [1.29, 1.82) is 0 Å². The molecule has 0 spiro atoms. The van der Waals surface area contributed by atoms with E-state index < -0.39 is 0 Å². The number of anilines is 1. The summed E-state index contributed by atoms with van der Waals surface area (Å²) in [6, 6.07) is 1.74. The molecule has 2 aromatic rings. The molecule has 0 saturated carbocycles. The van der Waals surface area contributed by atoms with Crippen LogP contribution in [0.3, 0.4) is 0 Å². The van der Waals surface area contributed by atoms with Crippen LogP contribution in [0.5, 0.6) is 0 Å². The summed E-state index contributed by atoms with van der Waals surface area (Å²) in [6.45, 7) is 3.24. The van der Waals surface area contributed by atoms with Crippen LogP contribution in [0.15, 0.2) is 22.6 Å². The lowest BCUT2D eigenvalue weighted by Crippen LogP contribution is -2.19. The molecule has 2 aromatic heterocycles. The molecule has 0 amide bonds. The Bertz CT molecular complexity index is 800. The van der Waals surface area contributed by atoms with E-state index in [0.717, 1.165) is 23.9 Å². The zero-order valence-electron chi connectivity index (χ0n) is 13.5. The number of hydrogen-bond donors (Lipinski definition) is 1. The Morgan fingerprint density at radius 3 is 3.21 bits per heavy atom. The first-order valence-electron chi connectivity index (χ1n) is 8.14. The molecule has 4 rings (SSSR count). The number of fused-ring (bicyclic) bond motifs is 1. The van der Waals surface area contributed by atoms with Crippen molar-refractivity contribution in [3.05, 3.63) is 23.2 Å². The fourth-order valence-electron chi connectivity index (χ4n) is 3.22. The number of nitrogens with zero attached hydrogens (tertiary/aromatic N) is 4. The molecular weight excluding hydrogens is 322 g/mol. The number of rotatable bonds is 4. The topological polar surface area (TPSA) is 70.5 Å². The highest BCUT2D eigenvalue weighted by Gasteiger charge is 2.22. The van der Waals surface area contributed by atoms with Gasteiger partial charge in [-0.05, 0) is 32.0 Å². The lowest BCUT2D eigenvalue weighted by atomic mass is 10.0. The molecule has 124 valence electrons. The van der Waals surface area contributed by atoms with Gasteiger partial charge in [0, 0.05) is 42.9 Å². The number of nitrogens with one attached hydrogen (secondary N) is 1. The van der Waals surface area contributed by atoms with Crippen molar-refractivity contribution < 1.29 is 4.79 Å². The minimum atomic E-state index is 0.0857. The molecule has 24 heavy (non-hydrogen) atoms. The standard InChI is InChI=1S/C17H19N5OS/c1-22-7-4-11(9-22)8-20-17-21-13(10-24-17)16-15-12(2-5-19-16)14(23)3-6-18-15/h2,5-6,10-11H,3-4,7-9H2,1H3,(H,20,21). The van der Waals surface area contributed by atoms with E-state index in [9.17, 15) is 4.79 Å². The summed E-state index contributed by atoms with van der Waals surface area (Å²) in [4.78, 5) is 27.8. The van der Waals surface area contributed by atoms with Crippen LogP contribution in [0.1, 0.15) is 23.2 Å². The first kappa shape index (κ1) is 15.4. The normalized spacial score (nSPS) is 20.4. The Morgan fingerprint density at radius 1 is 1.46 bits per heavy atom. The first-order chi connectivity index (χ1) is 11.7. The third-order valence-corrected chi connectivity index (χ3v) is 5.30. The quantitative estimate of drug-likeness (QED) is 0.926. The maximum atomic E-state index is 12.0. The molecule has 1 fully saturated rings. The minimum absolute atomic E-state index is 0.0857. The molecule has 0 radical (unpaired) electrons. The largest absolute Gasteiger partial charge is 0.361 e. The van der Waals surface area contributed by atoms with E-state index >= 15 is 0 Å². The number of ketones is 1. The number of aromatic nitrogens is 2. The second kappa shape index (κ2) is 6.41. The van der Waals surface area contributed by atoms with Crippen molar-refractivity contribution in [3.8, 4) is 11.4 Å². The minimum Gasteiger partial charge on any atom is -0.361 e. The number of thiazole rings is 1. The number of aliphatic imine (C=N–C) groups is 1. The Kier molecular flexibility index (Phi) is 4.12. The van der Waals surface area contributed by atoms with Crippen LogP contribution in [-0.2, 0) is 0 Å². The van der Waals surface area contributed by atoms with E-state index in [1.807, 2.05) is 5.38 Å². The van der Waals surface area contributed by atoms with E-state index in [4.69, 9.17) is 0 Å². The van der Waals surface area contributed by atoms with E-state index in [1.54, 1.807) is 29.8 Å². The number of Topliss-reactive ketones (excluding diaryl/α,β-unsaturated/α-hetero) is 1. The monoisotopic (exact) mass is 341 g/mol. The fourth-order valence-corrected chi connectivity index (χ4v) is 3.92. The highest BCUT2D eigenvalue weighted by Crippen LogP contribution is 2.35. The van der Waals surface area contributed by atoms with Crippen LogP contribution in [0.4, 0.5) is 10.8 Å². The van der Waals surface area contributed by atoms with Crippen LogP contribution < -0.4 is 5.32 Å². The summed E-state index contributed by atoms with van der Waals surface area (Å²) in [5.74, 6) is 0.759. The number of likely N-dealkylation sites (tertiary alicyclic amines) is 1. The van der Waals surface area contributed by atoms with E-state index in [0.29, 0.717) is 29.3 Å². The number of pyridine rings is 1. The van der Waals surface area contributed by atoms with E-state index in [-0.39, 0.29) is 5.78 Å². The van der Waals surface area contributed by atoms with Gasteiger partial charge in [0.15, 0.2) is 10.9 Å². The SMILES string of the molecule is CN1CCC(CNc2nc(-c3nccc4c3N=CCC4=O)cs2)C1. The first-order valence-corrected chi connectivity index (χ1v) is 9.01. The van der Waals surface area contributed by atoms with Crippen molar-refractivity contribution in [3.63, 3.8) is 0 Å². The van der Waals surface area contributed by atoms with Crippen LogP contribution >= 0.6 is 11.3 Å². The molecule has 4 heterocycles. The van der Waals surface area contributed by atoms with Gasteiger partial charge in [-0.15, -0.1) is 11.3 Å². The number of hydrogen-bond acceptors (Lipinski definition) is 7. The van der Waals surface area contributed by atoms with Gasteiger partial charge in [0.05, 0.1) is 0 Å². The zero-order valence-corrected chi connectivity index (χ0v) is 14.3. The molecule has 0 aliphatic carbocycles. The summed E-state index contributed by atoms with van der Waals surface area (Å²) < 4.78 is 0. The number of carbonyl (C=O) groups is 1. The molecule has 1 unspecified atom stereocenters. The second-order valence-electron chi connectivity index (χ2n) is 6.33. The molecule has 2 aliphatic heterocycles. The molecule has 2 aliphatic rings. The lowest BCUT2D eigenvalue weighted by Gasteiger charge is -2.11. The van der Waals surface area contributed by atoms with Gasteiger partial charge in [0.25, 0.3) is 0 Å². The molecular formula is C17H19N5OS. The predicted molar refractivity (Wildman–Crippen MR) is 96.5 cm³/mol. The third-order valence-electron chi connectivity index (χ3n) is 4.50. The van der Waals surface area contributed by atoms with Crippen LogP contribution in [0.25, 0.3) is 11.4 Å². The molecule has 0 bridgehead atoms. The van der Waals surface area contributed by atoms with Crippen LogP contribution in [0.2, 0.25) is 0 Å². The predicted octanol–water partition coefficient (Wildman–Crippen LogP) is 2.86. The summed E-state index contributed by atoms with van der Waals surface area (Å²) in [6.07, 6.45) is 4.90. The Hall–Kier alpha value is -2.12. The number of carbonyl (C=O) groups excluding carboxylic acids is 1. The Morgan fingerprint density at radius 2 is 2.38 bits per heavy atom. The van der Waals surface area contributed by atoms with Gasteiger partial charge in [-0.3, -0.25) is 14.8 Å². The highest BCUT2D eigenvalue weighted by atomic mass is 32.1. The summed E-state index contributed by atoms with van der Waals surface area (Å²) in [5, 5.41) is 6.30. The van der Waals surface area contributed by atoms with Crippen molar-refractivity contribution in [2.24, 2.45) is 10.9 Å². The van der Waals surface area contributed by atoms with Gasteiger partial charge >= 0.3 is 0 Å². The van der Waals surface area contributed by atoms with Crippen molar-refractivity contribution in [1.82, 2.24) is 14.9 Å². The maximum Gasteiger partial charge on any atom is 0.183 e. The lowest BCUT2D eigenvalue weighted by molar-refractivity contribution is 0.100. The Labute approximate surface area is 144 Å². The van der Waals surface area contributed by atoms with Gasteiger partial charge in [-0.1, -0.05) is 0 Å². The van der Waals surface area contributed by atoms with Crippen molar-refractivity contribution >= 4 is 34.2 Å². The van der Waals surface area contributed by atoms with Gasteiger partial charge in [-0.25, -0.2) is 4.98 Å². The maximum absolute atomic E-state index is 12.0. The average Bonchev–Trinajstić information content (AvgIpc) is 3.22. The summed E-state index contributed by atoms with van der Waals surface area (Å²) in [5.41, 5.74) is 2.73. The van der Waals surface area contributed by atoms with E-state index in [2.05, 4.69) is 32.2 Å². The third kappa shape index (κ3) is 2.97. The summed E-state index contributed by atoms with van der Waals surface area (Å²) in [7, 11) is 2.16. The fraction of sp³-hybridized carbons (Fsp3) is 0.412. The molecule has 6 nitrogen and oxygen atoms in total. The van der Waals surface area contributed by atoms with Gasteiger partial charge in [0.1, 0.15) is 17.1 Å². The molecule has 1 atom stereocenters. The van der Waals surface area contributed by atoms with Crippen molar-refractivity contribution in [2.75, 3.05) is 32.0 Å². The van der Waals surface area contributed by atoms with Gasteiger partial charge in [-0.2, -0.15) is 0 Å². The molecule has 1 saturated heterocycles. The smallest absolute Gasteiger partial charge is 0.183 e. The van der Waals surface area contributed by atoms with Crippen LogP contribution in [-0.4, -0.2) is 53.5 Å².